The molecule has 0 radical (unpaired) electrons. The zero-order valence-corrected chi connectivity index (χ0v) is 13.9. The highest BCUT2D eigenvalue weighted by Crippen LogP contribution is 2.26. The van der Waals surface area contributed by atoms with Gasteiger partial charge in [0.25, 0.3) is 5.89 Å². The van der Waals surface area contributed by atoms with Crippen LogP contribution in [0.3, 0.4) is 0 Å². The van der Waals surface area contributed by atoms with Crippen molar-refractivity contribution in [2.45, 2.75) is 20.4 Å². The summed E-state index contributed by atoms with van der Waals surface area (Å²) in [5.41, 5.74) is 2.99. The van der Waals surface area contributed by atoms with E-state index in [2.05, 4.69) is 20.5 Å². The van der Waals surface area contributed by atoms with E-state index in [1.807, 2.05) is 54.9 Å². The Hall–Kier alpha value is -3.35. The summed E-state index contributed by atoms with van der Waals surface area (Å²) in [6.45, 7) is 4.36. The molecule has 0 bridgehead atoms. The Morgan fingerprint density at radius 1 is 1.08 bits per heavy atom. The van der Waals surface area contributed by atoms with Crippen LogP contribution in [0, 0.1) is 13.8 Å². The lowest BCUT2D eigenvalue weighted by Gasteiger charge is -2.05. The fourth-order valence-corrected chi connectivity index (χ4v) is 2.62. The van der Waals surface area contributed by atoms with Crippen molar-refractivity contribution in [3.05, 3.63) is 66.1 Å². The van der Waals surface area contributed by atoms with Crippen molar-refractivity contribution in [1.82, 2.24) is 19.7 Å². The summed E-state index contributed by atoms with van der Waals surface area (Å²) in [5, 5.41) is 11.2. The van der Waals surface area contributed by atoms with Gasteiger partial charge in [-0.2, -0.15) is 0 Å². The number of hydrogen-bond donors (Lipinski definition) is 1. The van der Waals surface area contributed by atoms with Gasteiger partial charge >= 0.3 is 6.01 Å². The van der Waals surface area contributed by atoms with Crippen molar-refractivity contribution in [2.24, 2.45) is 0 Å². The average molecular weight is 335 g/mol. The van der Waals surface area contributed by atoms with Gasteiger partial charge < -0.3 is 18.7 Å². The van der Waals surface area contributed by atoms with Crippen molar-refractivity contribution in [3.63, 3.8) is 0 Å². The van der Waals surface area contributed by atoms with Gasteiger partial charge in [-0.05, 0) is 37.6 Å². The Bertz CT molecular complexity index is 968. The van der Waals surface area contributed by atoms with Crippen LogP contribution in [-0.2, 0) is 6.54 Å². The lowest BCUT2D eigenvalue weighted by atomic mass is 10.2. The Labute approximate surface area is 144 Å². The van der Waals surface area contributed by atoms with E-state index >= 15 is 0 Å². The molecule has 0 atom stereocenters. The minimum absolute atomic E-state index is 0.381. The third-order valence-corrected chi connectivity index (χ3v) is 3.88. The third-order valence-electron chi connectivity index (χ3n) is 3.88. The molecule has 25 heavy (non-hydrogen) atoms. The van der Waals surface area contributed by atoms with Gasteiger partial charge in [0.05, 0.1) is 11.9 Å². The van der Waals surface area contributed by atoms with E-state index < -0.39 is 0 Å². The normalized spacial score (nSPS) is 11.0. The van der Waals surface area contributed by atoms with Crippen LogP contribution in [0.4, 0.5) is 6.01 Å². The van der Waals surface area contributed by atoms with Crippen LogP contribution in [0.1, 0.15) is 17.1 Å². The molecule has 0 saturated carbocycles. The second-order valence-electron chi connectivity index (χ2n) is 5.73. The first-order valence-electron chi connectivity index (χ1n) is 7.91. The van der Waals surface area contributed by atoms with Crippen molar-refractivity contribution in [2.75, 3.05) is 5.32 Å². The van der Waals surface area contributed by atoms with Gasteiger partial charge in [0.15, 0.2) is 0 Å². The fourth-order valence-electron chi connectivity index (χ4n) is 2.62. The molecule has 1 aromatic carbocycles. The van der Waals surface area contributed by atoms with Gasteiger partial charge in [-0.15, -0.1) is 5.10 Å². The maximum Gasteiger partial charge on any atom is 0.316 e. The van der Waals surface area contributed by atoms with Gasteiger partial charge in [-0.25, -0.2) is 4.98 Å². The van der Waals surface area contributed by atoms with Crippen molar-refractivity contribution in [1.29, 1.82) is 0 Å². The monoisotopic (exact) mass is 335 g/mol. The van der Waals surface area contributed by atoms with E-state index in [1.165, 1.54) is 0 Å². The molecule has 0 aliphatic carbocycles. The summed E-state index contributed by atoms with van der Waals surface area (Å²) in [7, 11) is 0. The zero-order valence-electron chi connectivity index (χ0n) is 13.9. The smallest absolute Gasteiger partial charge is 0.316 e. The topological polar surface area (TPSA) is 81.9 Å². The SMILES string of the molecule is Cc1cc(-c2nnc(NCc3ccc(-n4ccnc4)cc3)o2)c(C)o1. The van der Waals surface area contributed by atoms with Gasteiger partial charge in [0.1, 0.15) is 11.5 Å². The van der Waals surface area contributed by atoms with Crippen LogP contribution in [0.15, 0.2) is 57.9 Å². The number of imidazole rings is 1. The molecule has 3 heterocycles. The number of benzene rings is 1. The highest BCUT2D eigenvalue weighted by Gasteiger charge is 2.14. The zero-order chi connectivity index (χ0) is 17.2. The van der Waals surface area contributed by atoms with E-state index in [-0.39, 0.29) is 0 Å². The number of anilines is 1. The molecular weight excluding hydrogens is 318 g/mol. The molecule has 0 aliphatic heterocycles. The van der Waals surface area contributed by atoms with Crippen LogP contribution in [0.5, 0.6) is 0 Å². The summed E-state index contributed by atoms with van der Waals surface area (Å²) < 4.78 is 13.1. The van der Waals surface area contributed by atoms with Crippen LogP contribution >= 0.6 is 0 Å². The molecular formula is C18H17N5O2. The van der Waals surface area contributed by atoms with E-state index in [4.69, 9.17) is 8.83 Å². The molecule has 7 heteroatoms. The van der Waals surface area contributed by atoms with Gasteiger partial charge in [-0.1, -0.05) is 17.2 Å². The second-order valence-corrected chi connectivity index (χ2v) is 5.73. The highest BCUT2D eigenvalue weighted by atomic mass is 16.4. The van der Waals surface area contributed by atoms with Crippen molar-refractivity contribution < 1.29 is 8.83 Å². The minimum atomic E-state index is 0.381. The van der Waals surface area contributed by atoms with Crippen molar-refractivity contribution in [3.8, 4) is 17.1 Å². The summed E-state index contributed by atoms with van der Waals surface area (Å²) in [4.78, 5) is 4.05. The molecule has 4 rings (SSSR count). The highest BCUT2D eigenvalue weighted by molar-refractivity contribution is 5.56. The number of nitrogens with zero attached hydrogens (tertiary/aromatic N) is 4. The first-order chi connectivity index (χ1) is 12.2. The maximum absolute atomic E-state index is 5.66. The van der Waals surface area contributed by atoms with E-state index in [0.29, 0.717) is 18.5 Å². The Morgan fingerprint density at radius 3 is 2.60 bits per heavy atom. The van der Waals surface area contributed by atoms with Crippen LogP contribution in [0.25, 0.3) is 17.1 Å². The Kier molecular flexibility index (Phi) is 3.81. The first-order valence-corrected chi connectivity index (χ1v) is 7.91. The number of nitrogens with one attached hydrogen (secondary N) is 1. The molecule has 3 aromatic heterocycles. The van der Waals surface area contributed by atoms with E-state index in [9.17, 15) is 0 Å². The van der Waals surface area contributed by atoms with Crippen LogP contribution < -0.4 is 5.32 Å². The minimum Gasteiger partial charge on any atom is -0.466 e. The molecule has 0 fully saturated rings. The largest absolute Gasteiger partial charge is 0.466 e. The predicted molar refractivity (Wildman–Crippen MR) is 92.4 cm³/mol. The summed E-state index contributed by atoms with van der Waals surface area (Å²) in [6, 6.07) is 10.4. The molecule has 0 saturated heterocycles. The average Bonchev–Trinajstić information content (AvgIpc) is 3.34. The van der Waals surface area contributed by atoms with E-state index in [0.717, 1.165) is 28.3 Å². The molecule has 0 spiro atoms. The van der Waals surface area contributed by atoms with E-state index in [1.54, 1.807) is 12.5 Å². The lowest BCUT2D eigenvalue weighted by Crippen LogP contribution is -2.00. The van der Waals surface area contributed by atoms with Crippen LogP contribution in [-0.4, -0.2) is 19.7 Å². The molecule has 0 aliphatic rings. The summed E-state index contributed by atoms with van der Waals surface area (Å²) in [6.07, 6.45) is 5.44. The number of hydrogen-bond acceptors (Lipinski definition) is 6. The fraction of sp³-hybridized carbons (Fsp3) is 0.167. The standard InChI is InChI=1S/C18H17N5O2/c1-12-9-16(13(2)24-12)17-21-22-18(25-17)20-10-14-3-5-15(6-4-14)23-8-7-19-11-23/h3-9,11H,10H2,1-2H3,(H,20,22). The van der Waals surface area contributed by atoms with Crippen LogP contribution in [0.2, 0.25) is 0 Å². The Morgan fingerprint density at radius 2 is 1.92 bits per heavy atom. The quantitative estimate of drug-likeness (QED) is 0.598. The summed E-state index contributed by atoms with van der Waals surface area (Å²) >= 11 is 0. The molecule has 126 valence electrons. The molecule has 0 unspecified atom stereocenters. The van der Waals surface area contributed by atoms with Gasteiger partial charge in [0.2, 0.25) is 0 Å². The summed E-state index contributed by atoms with van der Waals surface area (Å²) in [5.74, 6) is 2.04. The number of aryl methyl sites for hydroxylation is 2. The number of rotatable bonds is 5. The van der Waals surface area contributed by atoms with Gasteiger partial charge in [0, 0.05) is 24.6 Å². The van der Waals surface area contributed by atoms with Crippen molar-refractivity contribution >= 4 is 6.01 Å². The predicted octanol–water partition coefficient (Wildman–Crippen LogP) is 3.74. The first kappa shape index (κ1) is 15.2. The third kappa shape index (κ3) is 3.16. The molecule has 1 N–H and O–H groups in total. The maximum atomic E-state index is 5.66. The number of furan rings is 1. The molecule has 0 amide bonds. The molecule has 4 aromatic rings. The number of aromatic nitrogens is 4. The van der Waals surface area contributed by atoms with Gasteiger partial charge in [-0.3, -0.25) is 0 Å². The second kappa shape index (κ2) is 6.27. The Balaban J connectivity index is 1.43. The molecule has 7 nitrogen and oxygen atoms in total. The lowest BCUT2D eigenvalue weighted by molar-refractivity contribution is 0.503.